The molecule has 7 rings (SSSR count). The third kappa shape index (κ3) is 7.65. The Morgan fingerprint density at radius 1 is 0.600 bits per heavy atom. The first kappa shape index (κ1) is 38.7. The third-order valence-electron chi connectivity index (χ3n) is 9.79. The van der Waals surface area contributed by atoms with Crippen LogP contribution in [0.25, 0.3) is 33.4 Å². The van der Waals surface area contributed by atoms with E-state index in [2.05, 4.69) is 142 Å². The van der Waals surface area contributed by atoms with Crippen LogP contribution in [0.5, 0.6) is 0 Å². The molecule has 5 heteroatoms. The first-order valence-corrected chi connectivity index (χ1v) is 21.7. The van der Waals surface area contributed by atoms with E-state index < -0.39 is 21.3 Å². The molecule has 0 N–H and O–H groups in total. The van der Waals surface area contributed by atoms with Crippen LogP contribution >= 0.6 is 23.2 Å². The fraction of sp³-hybridized carbons (Fsp3) is 0.222. The van der Waals surface area contributed by atoms with E-state index in [1.807, 2.05) is 24.3 Å². The van der Waals surface area contributed by atoms with Gasteiger partial charge in [-0.25, -0.2) is 0 Å². The van der Waals surface area contributed by atoms with Gasteiger partial charge in [0.25, 0.3) is 0 Å². The van der Waals surface area contributed by atoms with Crippen LogP contribution < -0.4 is 24.8 Å². The summed E-state index contributed by atoms with van der Waals surface area (Å²) in [6.45, 7) is 14.0. The van der Waals surface area contributed by atoms with Crippen molar-refractivity contribution in [1.82, 2.24) is 0 Å². The zero-order chi connectivity index (χ0) is 33.8. The predicted octanol–water partition coefficient (Wildman–Crippen LogP) is 7.31. The van der Waals surface area contributed by atoms with Crippen molar-refractivity contribution < 1.29 is 46.1 Å². The van der Waals surface area contributed by atoms with E-state index >= 15 is 0 Å². The number of rotatable bonds is 5. The van der Waals surface area contributed by atoms with E-state index in [1.54, 1.807) is 3.28 Å². The van der Waals surface area contributed by atoms with Crippen LogP contribution in [-0.2, 0) is 32.1 Å². The van der Waals surface area contributed by atoms with Crippen molar-refractivity contribution in [3.8, 4) is 33.4 Å². The molecule has 0 aromatic heterocycles. The number of allylic oxidation sites excluding steroid dienone is 4. The van der Waals surface area contributed by atoms with Gasteiger partial charge in [0, 0.05) is 0 Å². The van der Waals surface area contributed by atoms with Crippen LogP contribution in [0.4, 0.5) is 0 Å². The van der Waals surface area contributed by atoms with Gasteiger partial charge in [-0.3, -0.25) is 0 Å². The third-order valence-corrected chi connectivity index (χ3v) is 17.7. The second kappa shape index (κ2) is 15.2. The van der Waals surface area contributed by atoms with Crippen LogP contribution in [0.15, 0.2) is 125 Å². The van der Waals surface area contributed by atoms with Gasteiger partial charge in [0.1, 0.15) is 0 Å². The summed E-state index contributed by atoms with van der Waals surface area (Å²) in [4.78, 5) is 0. The van der Waals surface area contributed by atoms with Gasteiger partial charge in [-0.15, -0.1) is 0 Å². The Hall–Kier alpha value is -2.51. The Morgan fingerprint density at radius 2 is 1.06 bits per heavy atom. The summed E-state index contributed by atoms with van der Waals surface area (Å²) in [5.74, 6) is 0. The minimum atomic E-state index is -2.58. The maximum atomic E-state index is 6.41. The molecule has 0 heterocycles. The molecule has 5 aromatic rings. The van der Waals surface area contributed by atoms with Gasteiger partial charge in [0.15, 0.2) is 0 Å². The van der Waals surface area contributed by atoms with E-state index in [0.717, 1.165) is 16.5 Å². The zero-order valence-corrected chi connectivity index (χ0v) is 34.9. The molecule has 50 heavy (non-hydrogen) atoms. The Kier molecular flexibility index (Phi) is 11.8. The van der Waals surface area contributed by atoms with Crippen LogP contribution in [0, 0.1) is 0 Å². The molecule has 0 bridgehead atoms. The molecule has 5 aromatic carbocycles. The summed E-state index contributed by atoms with van der Waals surface area (Å²) >= 11 is 10.2. The standard InChI is InChI=1S/C33H31Cl2.C7H6.C5H5.2ClH.Zr/c1-32(2,3)30-18-26-22(16-28(30)20-7-11-24(34)12-8-20)15-23-17-29(21-9-13-25(35)14-10-21)31(19-27(23)26)33(4,5)6;1-7-5-3-2-4-6-7;1-2-4-5-3-1;;;/h7-19H,1-6H3;1-6H;1-3H,4H2;2*1H;/q;;;;;+2/p-2. The smallest absolute Gasteiger partial charge is 1.00 e. The van der Waals surface area contributed by atoms with Crippen molar-refractivity contribution in [2.45, 2.75) is 62.4 Å². The Balaban J connectivity index is 0.00000243. The molecule has 0 aliphatic heterocycles. The van der Waals surface area contributed by atoms with Gasteiger partial charge in [-0.2, -0.15) is 0 Å². The largest absolute Gasteiger partial charge is 1.00 e. The van der Waals surface area contributed by atoms with Gasteiger partial charge in [-0.05, 0) is 0 Å². The molecule has 0 fully saturated rings. The molecular formula is C45H42Cl4Zr. The average Bonchev–Trinajstić information content (AvgIpc) is 3.69. The van der Waals surface area contributed by atoms with Crippen molar-refractivity contribution in [3.63, 3.8) is 0 Å². The van der Waals surface area contributed by atoms with Gasteiger partial charge < -0.3 is 24.8 Å². The second-order valence-corrected chi connectivity index (χ2v) is 22.1. The number of hydrogen-bond donors (Lipinski definition) is 0. The van der Waals surface area contributed by atoms with Crippen molar-refractivity contribution >= 4 is 26.9 Å². The van der Waals surface area contributed by atoms with Gasteiger partial charge in [0.2, 0.25) is 0 Å². The summed E-state index contributed by atoms with van der Waals surface area (Å²) in [5, 5.41) is 1.53. The van der Waals surface area contributed by atoms with Crippen LogP contribution in [0.3, 0.4) is 0 Å². The topological polar surface area (TPSA) is 0 Å². The zero-order valence-electron chi connectivity index (χ0n) is 29.4. The van der Waals surface area contributed by atoms with Crippen molar-refractivity contribution in [3.05, 3.63) is 162 Å². The first-order chi connectivity index (χ1) is 22.9. The van der Waals surface area contributed by atoms with E-state index in [9.17, 15) is 0 Å². The summed E-state index contributed by atoms with van der Waals surface area (Å²) in [6.07, 6.45) is 8.09. The molecule has 254 valence electrons. The molecule has 2 aliphatic carbocycles. The van der Waals surface area contributed by atoms with Gasteiger partial charge in [0.05, 0.1) is 0 Å². The van der Waals surface area contributed by atoms with Crippen LogP contribution in [0.1, 0.15) is 79.4 Å². The Labute approximate surface area is 328 Å². The number of benzene rings is 5. The molecule has 0 amide bonds. The van der Waals surface area contributed by atoms with E-state index in [0.29, 0.717) is 3.63 Å². The number of fused-ring (bicyclic) bond motifs is 3. The van der Waals surface area contributed by atoms with E-state index in [4.69, 9.17) is 23.2 Å². The first-order valence-electron chi connectivity index (χ1n) is 16.9. The molecule has 0 atom stereocenters. The van der Waals surface area contributed by atoms with Crippen molar-refractivity contribution in [2.75, 3.05) is 0 Å². The SMILES string of the molecule is CC(C)(C)c1cc2c(cc1-c1ccc(Cl)cc1)[CH](/[Zr+2](=[CH]/c1ccccc1)[C]1=CC=CC1)c1cc(-c3ccc(Cl)cc3)c(C(C)(C)C)cc1-2.[Cl-].[Cl-]. The van der Waals surface area contributed by atoms with Crippen LogP contribution in [-0.4, -0.2) is 3.71 Å². The molecule has 0 radical (unpaired) electrons. The van der Waals surface area contributed by atoms with Crippen LogP contribution in [0.2, 0.25) is 10.0 Å². The summed E-state index contributed by atoms with van der Waals surface area (Å²) in [5.41, 5.74) is 14.8. The van der Waals surface area contributed by atoms with Gasteiger partial charge >= 0.3 is 306 Å². The maximum Gasteiger partial charge on any atom is -1.00 e. The molecule has 0 nitrogen and oxygen atoms in total. The van der Waals surface area contributed by atoms with Gasteiger partial charge in [-0.1, -0.05) is 0 Å². The molecule has 0 saturated carbocycles. The van der Waals surface area contributed by atoms with Crippen molar-refractivity contribution in [1.29, 1.82) is 0 Å². The molecule has 2 aliphatic rings. The Bertz CT molecular complexity index is 2000. The Morgan fingerprint density at radius 3 is 1.46 bits per heavy atom. The fourth-order valence-electron chi connectivity index (χ4n) is 7.41. The second-order valence-electron chi connectivity index (χ2n) is 15.3. The van der Waals surface area contributed by atoms with Crippen molar-refractivity contribution in [2.24, 2.45) is 0 Å². The number of halogens is 4. The quantitative estimate of drug-likeness (QED) is 0.175. The molecular weight excluding hydrogens is 774 g/mol. The minimum absolute atomic E-state index is 0. The summed E-state index contributed by atoms with van der Waals surface area (Å²) in [6, 6.07) is 38.1. The normalized spacial score (nSPS) is 13.7. The van der Waals surface area contributed by atoms with E-state index in [-0.39, 0.29) is 35.6 Å². The summed E-state index contributed by atoms with van der Waals surface area (Å²) < 4.78 is 4.68. The molecule has 0 saturated heterocycles. The van der Waals surface area contributed by atoms with E-state index in [1.165, 1.54) is 61.2 Å². The molecule has 0 unspecified atom stereocenters. The predicted molar refractivity (Wildman–Crippen MR) is 205 cm³/mol. The average molecular weight is 816 g/mol. The number of hydrogen-bond acceptors (Lipinski definition) is 0. The summed E-state index contributed by atoms with van der Waals surface area (Å²) in [7, 11) is 0. The molecule has 0 spiro atoms. The monoisotopic (exact) mass is 812 g/mol. The minimum Gasteiger partial charge on any atom is -1.00 e. The maximum absolute atomic E-state index is 6.41. The fourth-order valence-corrected chi connectivity index (χ4v) is 15.2.